The van der Waals surface area contributed by atoms with Crippen LogP contribution in [0.5, 0.6) is 23.0 Å². The third kappa shape index (κ3) is 17.6. The van der Waals surface area contributed by atoms with E-state index in [0.29, 0.717) is 29.3 Å². The minimum absolute atomic E-state index is 0. The Bertz CT molecular complexity index is 3190. The first kappa shape index (κ1) is 60.7. The van der Waals surface area contributed by atoms with Crippen LogP contribution in [0.4, 0.5) is 46.5 Å². The van der Waals surface area contributed by atoms with E-state index in [4.69, 9.17) is 34.6 Å². The summed E-state index contributed by atoms with van der Waals surface area (Å²) in [6, 6.07) is 16.4. The van der Waals surface area contributed by atoms with Gasteiger partial charge in [0.15, 0.2) is 0 Å². The molecule has 0 fully saturated rings. The summed E-state index contributed by atoms with van der Waals surface area (Å²) in [4.78, 5) is 50.4. The summed E-state index contributed by atoms with van der Waals surface area (Å²) in [5.41, 5.74) is -4.74. The standard InChI is InChI=1S/C29H33F4N2O7P.C21H15ClF4N2O3.CH4/c1-18-14-20(30)9-11-23(18)40-24-15-19(29(31,32)33)8-10-22(24)26(37)34-21-12-13-35(25(36)16-21)17-39-43(38,41-27(2,3)4)42-28(5,6)7;1-12-8-14(23)3-5-17(12)31-18-9-13(21(24,25)26)2-4-16(18)20(30)27-15-6-7-28(11-22)19(29)10-15;/h8-16H,17H2,1-7H3,(H,34,37);2-10H,11H2,1H3,(H,27,30);1H4. The van der Waals surface area contributed by atoms with Crippen LogP contribution in [-0.2, 0) is 43.2 Å². The molecule has 6 rings (SSSR count). The highest BCUT2D eigenvalue weighted by atomic mass is 35.5. The molecule has 0 aliphatic heterocycles. The van der Waals surface area contributed by atoms with Gasteiger partial charge in [-0.2, -0.15) is 26.3 Å². The number of nitrogens with zero attached hydrogens (tertiary/aromatic N) is 2. The normalized spacial score (nSPS) is 12.0. The van der Waals surface area contributed by atoms with E-state index >= 15 is 0 Å². The predicted molar refractivity (Wildman–Crippen MR) is 266 cm³/mol. The van der Waals surface area contributed by atoms with E-state index in [1.165, 1.54) is 55.1 Å². The number of aromatic nitrogens is 2. The minimum atomic E-state index is -4.72. The number of hydrogen-bond acceptors (Lipinski definition) is 10. The molecular weight excluding hydrogens is 1050 g/mol. The SMILES string of the molecule is C.Cc1cc(F)ccc1Oc1cc(C(F)(F)F)ccc1C(=O)Nc1ccn(CCl)c(=O)c1.Cc1cc(F)ccc1Oc1cc(C(F)(F)F)ccc1C(=O)Nc1ccn(COP(=O)(OC(C)(C)C)OC(C)(C)C)c(=O)c1. The molecule has 2 aromatic heterocycles. The van der Waals surface area contributed by atoms with Crippen molar-refractivity contribution in [3.05, 3.63) is 175 Å². The van der Waals surface area contributed by atoms with E-state index in [9.17, 15) is 58.9 Å². The molecule has 0 radical (unpaired) electrons. The van der Waals surface area contributed by atoms with E-state index in [1.807, 2.05) is 0 Å². The lowest BCUT2D eigenvalue weighted by Crippen LogP contribution is -2.26. The highest BCUT2D eigenvalue weighted by Crippen LogP contribution is 2.55. The number of pyridine rings is 2. The van der Waals surface area contributed by atoms with Crippen molar-refractivity contribution in [1.82, 2.24) is 9.13 Å². The van der Waals surface area contributed by atoms with Crippen molar-refractivity contribution in [2.75, 3.05) is 10.6 Å². The first-order valence-electron chi connectivity index (χ1n) is 21.8. The second-order valence-corrected chi connectivity index (χ2v) is 19.8. The van der Waals surface area contributed by atoms with E-state index in [0.717, 1.165) is 59.2 Å². The van der Waals surface area contributed by atoms with Gasteiger partial charge in [-0.3, -0.25) is 37.3 Å². The van der Waals surface area contributed by atoms with Crippen LogP contribution in [0.15, 0.2) is 119 Å². The third-order valence-electron chi connectivity index (χ3n) is 9.58. The monoisotopic (exact) mass is 1100 g/mol. The zero-order chi connectivity index (χ0) is 55.1. The Morgan fingerprint density at radius 1 is 0.573 bits per heavy atom. The summed E-state index contributed by atoms with van der Waals surface area (Å²) in [6.45, 7) is 12.5. The number of amides is 2. The summed E-state index contributed by atoms with van der Waals surface area (Å²) >= 11 is 5.60. The average molecular weight is 1100 g/mol. The molecule has 0 unspecified atom stereocenters. The Morgan fingerprint density at radius 2 is 0.960 bits per heavy atom. The number of benzene rings is 4. The molecule has 4 aromatic carbocycles. The van der Waals surface area contributed by atoms with Gasteiger partial charge in [0, 0.05) is 35.9 Å². The fourth-order valence-corrected chi connectivity index (χ4v) is 8.23. The zero-order valence-corrected chi connectivity index (χ0v) is 42.3. The largest absolute Gasteiger partial charge is 0.477 e. The number of anilines is 2. The molecule has 0 saturated carbocycles. The molecule has 2 heterocycles. The molecule has 14 nitrogen and oxygen atoms in total. The maximum Gasteiger partial charge on any atom is 0.477 e. The number of rotatable bonds is 14. The summed E-state index contributed by atoms with van der Waals surface area (Å²) in [5.74, 6) is -3.48. The van der Waals surface area contributed by atoms with Crippen molar-refractivity contribution in [1.29, 1.82) is 0 Å². The first-order chi connectivity index (χ1) is 34.2. The number of aryl methyl sites for hydroxylation is 2. The van der Waals surface area contributed by atoms with Gasteiger partial charge in [0.25, 0.3) is 22.9 Å². The molecule has 0 aliphatic rings. The molecule has 0 atom stereocenters. The lowest BCUT2D eigenvalue weighted by molar-refractivity contribution is -0.138. The van der Waals surface area contributed by atoms with Crippen LogP contribution in [0, 0.1) is 25.5 Å². The Balaban J connectivity index is 0.000000336. The van der Waals surface area contributed by atoms with Crippen molar-refractivity contribution >= 4 is 42.6 Å². The number of carbonyl (C=O) groups excluding carboxylic acids is 2. The Kier molecular flexibility index (Phi) is 19.6. The molecule has 0 saturated heterocycles. The Morgan fingerprint density at radius 3 is 1.29 bits per heavy atom. The van der Waals surface area contributed by atoms with Crippen molar-refractivity contribution in [2.45, 2.75) is 99.1 Å². The summed E-state index contributed by atoms with van der Waals surface area (Å²) in [7, 11) is -4.12. The van der Waals surface area contributed by atoms with Gasteiger partial charge >= 0.3 is 20.2 Å². The van der Waals surface area contributed by atoms with Crippen molar-refractivity contribution in [3.63, 3.8) is 0 Å². The van der Waals surface area contributed by atoms with Gasteiger partial charge in [-0.1, -0.05) is 7.43 Å². The van der Waals surface area contributed by atoms with Gasteiger partial charge < -0.3 is 24.7 Å². The van der Waals surface area contributed by atoms with Crippen LogP contribution < -0.4 is 31.2 Å². The highest BCUT2D eigenvalue weighted by molar-refractivity contribution is 7.48. The molecule has 24 heteroatoms. The van der Waals surface area contributed by atoms with Crippen LogP contribution in [0.1, 0.15) is 91.9 Å². The first-order valence-corrected chi connectivity index (χ1v) is 23.8. The average Bonchev–Trinajstić information content (AvgIpc) is 3.26. The predicted octanol–water partition coefficient (Wildman–Crippen LogP) is 14.3. The molecular formula is C51H52ClF8N4O10P. The van der Waals surface area contributed by atoms with E-state index < -0.39 is 89.6 Å². The van der Waals surface area contributed by atoms with Gasteiger partial charge in [-0.15, -0.1) is 11.6 Å². The van der Waals surface area contributed by atoms with Gasteiger partial charge in [0.1, 0.15) is 47.4 Å². The van der Waals surface area contributed by atoms with Gasteiger partial charge in [-0.25, -0.2) is 13.3 Å². The molecule has 75 heavy (non-hydrogen) atoms. The summed E-state index contributed by atoms with van der Waals surface area (Å²) < 4.78 is 150. The molecule has 0 spiro atoms. The van der Waals surface area contributed by atoms with Crippen LogP contribution in [0.3, 0.4) is 0 Å². The number of nitrogens with one attached hydrogen (secondary N) is 2. The lowest BCUT2D eigenvalue weighted by atomic mass is 10.1. The summed E-state index contributed by atoms with van der Waals surface area (Å²) in [5, 5.41) is 4.89. The molecule has 404 valence electrons. The molecule has 2 N–H and O–H groups in total. The molecule has 0 bridgehead atoms. The smallest absolute Gasteiger partial charge is 0.456 e. The second kappa shape index (κ2) is 24.2. The van der Waals surface area contributed by atoms with Crippen LogP contribution >= 0.6 is 19.4 Å². The zero-order valence-electron chi connectivity index (χ0n) is 40.6. The number of halogens is 9. The van der Waals surface area contributed by atoms with Crippen LogP contribution in [-0.4, -0.2) is 32.2 Å². The summed E-state index contributed by atoms with van der Waals surface area (Å²) in [6.07, 6.45) is -6.78. The number of carbonyl (C=O) groups is 2. The minimum Gasteiger partial charge on any atom is -0.456 e. The second-order valence-electron chi connectivity index (χ2n) is 18.0. The lowest BCUT2D eigenvalue weighted by Gasteiger charge is -2.30. The maximum atomic E-state index is 13.5. The fraction of sp³-hybridized carbons (Fsp3) is 0.294. The number of phosphoric ester groups is 1. The molecule has 0 aliphatic carbocycles. The maximum absolute atomic E-state index is 13.5. The highest BCUT2D eigenvalue weighted by Gasteiger charge is 2.38. The van der Waals surface area contributed by atoms with Crippen molar-refractivity contribution in [3.8, 4) is 23.0 Å². The van der Waals surface area contributed by atoms with Gasteiger partial charge in [0.05, 0.1) is 33.5 Å². The fourth-order valence-electron chi connectivity index (χ4n) is 6.28. The van der Waals surface area contributed by atoms with E-state index in [1.54, 1.807) is 41.5 Å². The Hall–Kier alpha value is -6.84. The van der Waals surface area contributed by atoms with Gasteiger partial charge in [0.2, 0.25) is 0 Å². The van der Waals surface area contributed by atoms with Crippen molar-refractivity contribution in [2.24, 2.45) is 0 Å². The topological polar surface area (TPSA) is 165 Å². The van der Waals surface area contributed by atoms with Crippen molar-refractivity contribution < 1.29 is 72.3 Å². The number of ether oxygens (including phenoxy) is 2. The number of hydrogen-bond donors (Lipinski definition) is 2. The number of alkyl halides is 7. The molecule has 6 aromatic rings. The number of phosphoric acid groups is 1. The van der Waals surface area contributed by atoms with E-state index in [-0.39, 0.29) is 53.2 Å². The van der Waals surface area contributed by atoms with Gasteiger partial charge in [-0.05, 0) is 151 Å². The van der Waals surface area contributed by atoms with E-state index in [2.05, 4.69) is 10.6 Å². The third-order valence-corrected chi connectivity index (χ3v) is 11.8. The van der Waals surface area contributed by atoms with Crippen LogP contribution in [0.2, 0.25) is 0 Å². The Labute approximate surface area is 430 Å². The van der Waals surface area contributed by atoms with Crippen LogP contribution in [0.25, 0.3) is 0 Å². The molecule has 2 amide bonds. The quantitative estimate of drug-likeness (QED) is 0.0609.